The average molecular weight is 454 g/mol. The Morgan fingerprint density at radius 1 is 1.00 bits per heavy atom. The zero-order chi connectivity index (χ0) is 22.7. The SMILES string of the molecule is CCOC(=O)N1CCC(N2CCC3(CC2)CN(CC2CCCCC2)Cc2ccccc23)CC1. The summed E-state index contributed by atoms with van der Waals surface area (Å²) in [4.78, 5) is 19.5. The molecule has 1 aliphatic carbocycles. The van der Waals surface area contributed by atoms with Gasteiger partial charge < -0.3 is 14.5 Å². The van der Waals surface area contributed by atoms with E-state index >= 15 is 0 Å². The van der Waals surface area contributed by atoms with E-state index in [1.165, 1.54) is 71.1 Å². The molecule has 1 aromatic rings. The van der Waals surface area contributed by atoms with E-state index in [1.807, 2.05) is 11.8 Å². The number of hydrogen-bond acceptors (Lipinski definition) is 4. The van der Waals surface area contributed by atoms with Crippen molar-refractivity contribution in [1.82, 2.24) is 14.7 Å². The van der Waals surface area contributed by atoms with Crippen molar-refractivity contribution < 1.29 is 9.53 Å². The zero-order valence-corrected chi connectivity index (χ0v) is 20.6. The van der Waals surface area contributed by atoms with Crippen molar-refractivity contribution in [2.24, 2.45) is 5.92 Å². The van der Waals surface area contributed by atoms with Crippen molar-refractivity contribution >= 4 is 6.09 Å². The van der Waals surface area contributed by atoms with Crippen LogP contribution in [0.15, 0.2) is 24.3 Å². The summed E-state index contributed by atoms with van der Waals surface area (Å²) in [6.45, 7) is 10.1. The normalized spacial score (nSPS) is 25.2. The van der Waals surface area contributed by atoms with E-state index in [0.717, 1.165) is 38.4 Å². The van der Waals surface area contributed by atoms with Crippen molar-refractivity contribution in [3.8, 4) is 0 Å². The third kappa shape index (κ3) is 5.09. The van der Waals surface area contributed by atoms with Crippen LogP contribution in [0.5, 0.6) is 0 Å². The van der Waals surface area contributed by atoms with Gasteiger partial charge in [0, 0.05) is 44.2 Å². The standard InChI is InChI=1S/C28H43N3O2/c1-2-33-27(32)31-16-12-25(13-17-31)30-18-14-28(15-19-30)22-29(20-23-8-4-3-5-9-23)21-24-10-6-7-11-26(24)28/h6-7,10-11,23,25H,2-5,8-9,12-22H2,1H3. The van der Waals surface area contributed by atoms with E-state index in [4.69, 9.17) is 4.74 Å². The summed E-state index contributed by atoms with van der Waals surface area (Å²) in [5.74, 6) is 0.908. The van der Waals surface area contributed by atoms with Gasteiger partial charge in [-0.2, -0.15) is 0 Å². The molecule has 3 fully saturated rings. The monoisotopic (exact) mass is 453 g/mol. The quantitative estimate of drug-likeness (QED) is 0.640. The maximum absolute atomic E-state index is 12.1. The van der Waals surface area contributed by atoms with Crippen LogP contribution in [0.4, 0.5) is 4.79 Å². The number of benzene rings is 1. The van der Waals surface area contributed by atoms with Crippen molar-refractivity contribution in [1.29, 1.82) is 0 Å². The van der Waals surface area contributed by atoms with Crippen molar-refractivity contribution in [2.45, 2.75) is 82.7 Å². The Balaban J connectivity index is 1.22. The van der Waals surface area contributed by atoms with Gasteiger partial charge in [-0.05, 0) is 75.6 Å². The van der Waals surface area contributed by atoms with E-state index in [2.05, 4.69) is 34.1 Å². The van der Waals surface area contributed by atoms with Crippen molar-refractivity contribution in [3.05, 3.63) is 35.4 Å². The molecular formula is C28H43N3O2. The van der Waals surface area contributed by atoms with Gasteiger partial charge in [0.15, 0.2) is 0 Å². The highest BCUT2D eigenvalue weighted by atomic mass is 16.6. The van der Waals surface area contributed by atoms with Crippen LogP contribution < -0.4 is 0 Å². The minimum Gasteiger partial charge on any atom is -0.450 e. The van der Waals surface area contributed by atoms with Crippen LogP contribution in [-0.2, 0) is 16.7 Å². The minimum atomic E-state index is -0.134. The number of fused-ring (bicyclic) bond motifs is 2. The summed E-state index contributed by atoms with van der Waals surface area (Å²) in [6.07, 6.45) is 11.7. The molecule has 3 aliphatic heterocycles. The lowest BCUT2D eigenvalue weighted by Gasteiger charge is -2.51. The molecule has 182 valence electrons. The number of nitrogens with zero attached hydrogens (tertiary/aromatic N) is 3. The number of amides is 1. The highest BCUT2D eigenvalue weighted by Gasteiger charge is 2.43. The Morgan fingerprint density at radius 3 is 2.45 bits per heavy atom. The van der Waals surface area contributed by atoms with Crippen molar-refractivity contribution in [2.75, 3.05) is 45.9 Å². The van der Waals surface area contributed by atoms with Crippen LogP contribution in [0.25, 0.3) is 0 Å². The average Bonchev–Trinajstić information content (AvgIpc) is 2.86. The highest BCUT2D eigenvalue weighted by molar-refractivity contribution is 5.67. The van der Waals surface area contributed by atoms with Crippen LogP contribution in [-0.4, -0.2) is 72.7 Å². The fraction of sp³-hybridized carbons (Fsp3) is 0.750. The molecule has 0 bridgehead atoms. The fourth-order valence-corrected chi connectivity index (χ4v) is 7.22. The molecule has 33 heavy (non-hydrogen) atoms. The van der Waals surface area contributed by atoms with E-state index in [1.54, 1.807) is 11.1 Å². The molecule has 5 nitrogen and oxygen atoms in total. The third-order valence-electron chi connectivity index (χ3n) is 9.01. The third-order valence-corrected chi connectivity index (χ3v) is 9.01. The van der Waals surface area contributed by atoms with Crippen LogP contribution >= 0.6 is 0 Å². The largest absolute Gasteiger partial charge is 0.450 e. The molecule has 0 aromatic heterocycles. The Hall–Kier alpha value is -1.59. The number of ether oxygens (including phenoxy) is 1. The van der Waals surface area contributed by atoms with Crippen LogP contribution in [0.3, 0.4) is 0 Å². The number of hydrogen-bond donors (Lipinski definition) is 0. The molecule has 0 radical (unpaired) electrons. The molecule has 2 saturated heterocycles. The molecule has 5 heteroatoms. The molecule has 1 amide bonds. The first-order valence-corrected chi connectivity index (χ1v) is 13.6. The predicted octanol–water partition coefficient (Wildman–Crippen LogP) is 5.04. The second-order valence-electron chi connectivity index (χ2n) is 11.1. The molecule has 4 aliphatic rings. The maximum atomic E-state index is 12.1. The van der Waals surface area contributed by atoms with Crippen LogP contribution in [0.1, 0.15) is 75.8 Å². The number of rotatable bonds is 4. The molecule has 1 spiro atoms. The van der Waals surface area contributed by atoms with Gasteiger partial charge >= 0.3 is 6.09 Å². The van der Waals surface area contributed by atoms with Gasteiger partial charge in [0.25, 0.3) is 0 Å². The summed E-state index contributed by atoms with van der Waals surface area (Å²) in [6, 6.07) is 9.94. The number of carbonyl (C=O) groups excluding carboxylic acids is 1. The van der Waals surface area contributed by atoms with Gasteiger partial charge in [0.05, 0.1) is 6.61 Å². The van der Waals surface area contributed by atoms with Crippen molar-refractivity contribution in [3.63, 3.8) is 0 Å². The number of piperidine rings is 2. The summed E-state index contributed by atoms with van der Waals surface area (Å²) in [5.41, 5.74) is 3.54. The van der Waals surface area contributed by atoms with Gasteiger partial charge in [-0.25, -0.2) is 4.79 Å². The number of likely N-dealkylation sites (tertiary alicyclic amines) is 2. The Bertz CT molecular complexity index is 790. The molecule has 1 aromatic carbocycles. The molecule has 3 heterocycles. The molecule has 0 unspecified atom stereocenters. The fourth-order valence-electron chi connectivity index (χ4n) is 7.22. The summed E-state index contributed by atoms with van der Waals surface area (Å²) < 4.78 is 5.20. The molecule has 1 saturated carbocycles. The summed E-state index contributed by atoms with van der Waals surface area (Å²) in [5, 5.41) is 0. The van der Waals surface area contributed by atoms with Crippen LogP contribution in [0, 0.1) is 5.92 Å². The second-order valence-corrected chi connectivity index (χ2v) is 11.1. The molecule has 0 atom stereocenters. The molecule has 0 N–H and O–H groups in total. The first kappa shape index (κ1) is 23.2. The Morgan fingerprint density at radius 2 is 1.73 bits per heavy atom. The second kappa shape index (κ2) is 10.4. The van der Waals surface area contributed by atoms with Gasteiger partial charge in [0.2, 0.25) is 0 Å². The Kier molecular flexibility index (Phi) is 7.27. The van der Waals surface area contributed by atoms with Gasteiger partial charge in [-0.3, -0.25) is 4.90 Å². The predicted molar refractivity (Wildman–Crippen MR) is 132 cm³/mol. The van der Waals surface area contributed by atoms with E-state index in [-0.39, 0.29) is 6.09 Å². The highest BCUT2D eigenvalue weighted by Crippen LogP contribution is 2.43. The van der Waals surface area contributed by atoms with E-state index < -0.39 is 0 Å². The number of carbonyl (C=O) groups is 1. The summed E-state index contributed by atoms with van der Waals surface area (Å²) in [7, 11) is 0. The van der Waals surface area contributed by atoms with Gasteiger partial charge in [0.1, 0.15) is 0 Å². The smallest absolute Gasteiger partial charge is 0.409 e. The maximum Gasteiger partial charge on any atom is 0.409 e. The van der Waals surface area contributed by atoms with Gasteiger partial charge in [-0.15, -0.1) is 0 Å². The first-order chi connectivity index (χ1) is 16.2. The van der Waals surface area contributed by atoms with Crippen LogP contribution in [0.2, 0.25) is 0 Å². The lowest BCUT2D eigenvalue weighted by atomic mass is 9.68. The first-order valence-electron chi connectivity index (χ1n) is 13.6. The Labute approximate surface area is 200 Å². The van der Waals surface area contributed by atoms with Gasteiger partial charge in [-0.1, -0.05) is 43.5 Å². The molecular weight excluding hydrogens is 410 g/mol. The summed E-state index contributed by atoms with van der Waals surface area (Å²) >= 11 is 0. The lowest BCUT2D eigenvalue weighted by molar-refractivity contribution is 0.0398. The van der Waals surface area contributed by atoms with E-state index in [9.17, 15) is 4.79 Å². The topological polar surface area (TPSA) is 36.0 Å². The minimum absolute atomic E-state index is 0.134. The molecule has 5 rings (SSSR count). The zero-order valence-electron chi connectivity index (χ0n) is 20.6. The lowest BCUT2D eigenvalue weighted by Crippen LogP contribution is -2.55. The van der Waals surface area contributed by atoms with E-state index in [0.29, 0.717) is 18.1 Å².